The first-order valence-corrected chi connectivity index (χ1v) is 11.4. The Morgan fingerprint density at radius 1 is 0.970 bits per heavy atom. The van der Waals surface area contributed by atoms with Gasteiger partial charge in [-0.15, -0.1) is 0 Å². The molecule has 0 bridgehead atoms. The molecule has 4 rings (SSSR count). The fraction of sp³-hybridized carbons (Fsp3) is 0.346. The normalized spacial score (nSPS) is 14.6. The third-order valence-corrected chi connectivity index (χ3v) is 5.87. The Balaban J connectivity index is 1.27. The first-order chi connectivity index (χ1) is 16.1. The molecule has 3 aromatic rings. The lowest BCUT2D eigenvalue weighted by molar-refractivity contribution is -0.130. The Labute approximate surface area is 194 Å². The summed E-state index contributed by atoms with van der Waals surface area (Å²) in [7, 11) is 0. The third-order valence-electron chi connectivity index (χ3n) is 5.87. The van der Waals surface area contributed by atoms with Crippen molar-refractivity contribution in [2.45, 2.75) is 26.3 Å². The molecule has 172 valence electrons. The van der Waals surface area contributed by atoms with Gasteiger partial charge in [0.2, 0.25) is 17.7 Å². The Morgan fingerprint density at radius 2 is 1.70 bits per heavy atom. The number of hydrogen-bond donors (Lipinski definition) is 1. The van der Waals surface area contributed by atoms with Crippen LogP contribution in [0.25, 0.3) is 11.5 Å². The van der Waals surface area contributed by atoms with Crippen molar-refractivity contribution in [3.05, 3.63) is 77.7 Å². The van der Waals surface area contributed by atoms with Crippen molar-refractivity contribution in [3.63, 3.8) is 0 Å². The zero-order chi connectivity index (χ0) is 23.0. The summed E-state index contributed by atoms with van der Waals surface area (Å²) in [6.07, 6.45) is 1.06. The van der Waals surface area contributed by atoms with Gasteiger partial charge in [0.05, 0.1) is 18.7 Å². The maximum Gasteiger partial charge on any atom is 0.234 e. The average Bonchev–Trinajstić information content (AvgIpc) is 3.04. The molecule has 0 atom stereocenters. The lowest BCUT2D eigenvalue weighted by Crippen LogP contribution is -2.40. The lowest BCUT2D eigenvalue weighted by Gasteiger charge is -2.21. The molecule has 0 aliphatic carbocycles. The Kier molecular flexibility index (Phi) is 7.52. The zero-order valence-corrected chi connectivity index (χ0v) is 19.0. The molecule has 1 aliphatic heterocycles. The quantitative estimate of drug-likeness (QED) is 0.604. The second kappa shape index (κ2) is 10.9. The Hall–Kier alpha value is -3.45. The van der Waals surface area contributed by atoms with E-state index < -0.39 is 0 Å². The van der Waals surface area contributed by atoms with E-state index in [4.69, 9.17) is 4.42 Å². The predicted octanol–water partition coefficient (Wildman–Crippen LogP) is 3.04. The Morgan fingerprint density at radius 3 is 2.45 bits per heavy atom. The average molecular weight is 447 g/mol. The zero-order valence-electron chi connectivity index (χ0n) is 19.0. The van der Waals surface area contributed by atoms with Gasteiger partial charge >= 0.3 is 0 Å². The number of benzene rings is 2. The number of amides is 2. The molecule has 7 heteroatoms. The number of oxazole rings is 1. The van der Waals surface area contributed by atoms with Crippen molar-refractivity contribution >= 4 is 11.8 Å². The molecule has 1 aromatic heterocycles. The van der Waals surface area contributed by atoms with Crippen LogP contribution in [0.5, 0.6) is 0 Å². The van der Waals surface area contributed by atoms with Gasteiger partial charge in [-0.3, -0.25) is 14.5 Å². The number of nitrogens with one attached hydrogen (secondary N) is 1. The lowest BCUT2D eigenvalue weighted by atomic mass is 10.2. The molecule has 0 saturated carbocycles. The van der Waals surface area contributed by atoms with Crippen LogP contribution >= 0.6 is 0 Å². The number of carbonyl (C=O) groups excluding carboxylic acids is 2. The van der Waals surface area contributed by atoms with E-state index in [1.54, 1.807) is 0 Å². The highest BCUT2D eigenvalue weighted by molar-refractivity contribution is 5.79. The maximum atomic E-state index is 13.0. The van der Waals surface area contributed by atoms with Crippen LogP contribution in [-0.2, 0) is 22.6 Å². The molecule has 2 aromatic carbocycles. The van der Waals surface area contributed by atoms with Crippen molar-refractivity contribution < 1.29 is 14.0 Å². The minimum Gasteiger partial charge on any atom is -0.441 e. The van der Waals surface area contributed by atoms with Gasteiger partial charge in [-0.25, -0.2) is 4.98 Å². The largest absolute Gasteiger partial charge is 0.441 e. The summed E-state index contributed by atoms with van der Waals surface area (Å²) >= 11 is 0. The molecule has 7 nitrogen and oxygen atoms in total. The number of aryl methyl sites for hydroxylation is 1. The van der Waals surface area contributed by atoms with Crippen LogP contribution in [0.2, 0.25) is 0 Å². The van der Waals surface area contributed by atoms with E-state index in [9.17, 15) is 9.59 Å². The first-order valence-electron chi connectivity index (χ1n) is 11.4. The Bertz CT molecular complexity index is 1070. The van der Waals surface area contributed by atoms with Crippen LogP contribution in [-0.4, -0.2) is 59.3 Å². The first kappa shape index (κ1) is 22.7. The standard InChI is InChI=1S/C26H30N4O3/c1-20-23(28-26(33-20)22-11-6-3-7-12-22)17-25(32)30-14-8-13-29(15-16-30)19-24(31)27-18-21-9-4-2-5-10-21/h2-7,9-12H,8,13-19H2,1H3,(H,27,31). The van der Waals surface area contributed by atoms with Crippen LogP contribution in [0.4, 0.5) is 0 Å². The molecule has 1 N–H and O–H groups in total. The molecule has 0 radical (unpaired) electrons. The van der Waals surface area contributed by atoms with Gasteiger partial charge in [-0.1, -0.05) is 48.5 Å². The SMILES string of the molecule is Cc1oc(-c2ccccc2)nc1CC(=O)N1CCCN(CC(=O)NCc2ccccc2)CC1. The van der Waals surface area contributed by atoms with Gasteiger partial charge < -0.3 is 14.6 Å². The highest BCUT2D eigenvalue weighted by Crippen LogP contribution is 2.22. The highest BCUT2D eigenvalue weighted by Gasteiger charge is 2.23. The number of carbonyl (C=O) groups is 2. The summed E-state index contributed by atoms with van der Waals surface area (Å²) in [5.41, 5.74) is 2.66. The molecule has 2 amide bonds. The van der Waals surface area contributed by atoms with E-state index >= 15 is 0 Å². The van der Waals surface area contributed by atoms with Gasteiger partial charge in [-0.2, -0.15) is 0 Å². The van der Waals surface area contributed by atoms with Crippen molar-refractivity contribution in [1.29, 1.82) is 0 Å². The van der Waals surface area contributed by atoms with Crippen molar-refractivity contribution in [2.24, 2.45) is 0 Å². The smallest absolute Gasteiger partial charge is 0.234 e. The van der Waals surface area contributed by atoms with Crippen LogP contribution in [0.1, 0.15) is 23.4 Å². The molecule has 1 fully saturated rings. The fourth-order valence-electron chi connectivity index (χ4n) is 3.99. The minimum atomic E-state index is 0.00490. The number of aromatic nitrogens is 1. The van der Waals surface area contributed by atoms with E-state index in [1.807, 2.05) is 72.5 Å². The number of hydrogen-bond acceptors (Lipinski definition) is 5. The van der Waals surface area contributed by atoms with E-state index in [1.165, 1.54) is 0 Å². The second-order valence-electron chi connectivity index (χ2n) is 8.34. The molecule has 1 aliphatic rings. The fourth-order valence-corrected chi connectivity index (χ4v) is 3.99. The van der Waals surface area contributed by atoms with E-state index in [-0.39, 0.29) is 18.2 Å². The van der Waals surface area contributed by atoms with Crippen LogP contribution in [0.15, 0.2) is 65.1 Å². The van der Waals surface area contributed by atoms with E-state index in [0.717, 1.165) is 24.1 Å². The van der Waals surface area contributed by atoms with Crippen LogP contribution in [0, 0.1) is 6.92 Å². The molecular formula is C26H30N4O3. The predicted molar refractivity (Wildman–Crippen MR) is 126 cm³/mol. The summed E-state index contributed by atoms with van der Waals surface area (Å²) in [6.45, 7) is 5.48. The van der Waals surface area contributed by atoms with E-state index in [0.29, 0.717) is 50.1 Å². The third kappa shape index (κ3) is 6.29. The summed E-state index contributed by atoms with van der Waals surface area (Å²) in [5, 5.41) is 2.98. The second-order valence-corrected chi connectivity index (χ2v) is 8.34. The molecule has 2 heterocycles. The van der Waals surface area contributed by atoms with Crippen molar-refractivity contribution in [1.82, 2.24) is 20.1 Å². The number of rotatable bonds is 7. The topological polar surface area (TPSA) is 78.7 Å². The molecule has 1 saturated heterocycles. The van der Waals surface area contributed by atoms with Crippen molar-refractivity contribution in [3.8, 4) is 11.5 Å². The number of nitrogens with zero attached hydrogens (tertiary/aromatic N) is 3. The van der Waals surface area contributed by atoms with Gasteiger partial charge in [0.1, 0.15) is 5.76 Å². The molecule has 33 heavy (non-hydrogen) atoms. The van der Waals surface area contributed by atoms with Gasteiger partial charge in [0.25, 0.3) is 0 Å². The highest BCUT2D eigenvalue weighted by atomic mass is 16.4. The van der Waals surface area contributed by atoms with E-state index in [2.05, 4.69) is 15.2 Å². The van der Waals surface area contributed by atoms with Gasteiger partial charge in [0.15, 0.2) is 0 Å². The summed E-state index contributed by atoms with van der Waals surface area (Å²) in [6, 6.07) is 19.6. The molecule has 0 unspecified atom stereocenters. The summed E-state index contributed by atoms with van der Waals surface area (Å²) in [5.74, 6) is 1.26. The van der Waals surface area contributed by atoms with Gasteiger partial charge in [-0.05, 0) is 31.0 Å². The molecular weight excluding hydrogens is 416 g/mol. The van der Waals surface area contributed by atoms with Crippen LogP contribution < -0.4 is 5.32 Å². The van der Waals surface area contributed by atoms with Crippen LogP contribution in [0.3, 0.4) is 0 Å². The monoisotopic (exact) mass is 446 g/mol. The maximum absolute atomic E-state index is 13.0. The summed E-state index contributed by atoms with van der Waals surface area (Å²) < 4.78 is 5.79. The van der Waals surface area contributed by atoms with Crippen molar-refractivity contribution in [2.75, 3.05) is 32.7 Å². The summed E-state index contributed by atoms with van der Waals surface area (Å²) in [4.78, 5) is 33.9. The molecule has 0 spiro atoms. The van der Waals surface area contributed by atoms with Gasteiger partial charge in [0, 0.05) is 38.3 Å². The minimum absolute atomic E-state index is 0.00490.